The minimum absolute atomic E-state index is 0.413. The summed E-state index contributed by atoms with van der Waals surface area (Å²) in [5, 5.41) is 3.82. The zero-order chi connectivity index (χ0) is 28.8. The van der Waals surface area contributed by atoms with Crippen LogP contribution in [0.2, 0.25) is 0 Å². The van der Waals surface area contributed by atoms with Crippen LogP contribution >= 0.6 is 23.5 Å². The Morgan fingerprint density at radius 1 is 0.625 bits per heavy atom. The molecule has 0 saturated carbocycles. The highest BCUT2D eigenvalue weighted by Crippen LogP contribution is 2.51. The van der Waals surface area contributed by atoms with Crippen molar-refractivity contribution in [3.8, 4) is 22.6 Å². The predicted molar refractivity (Wildman–Crippen MR) is 168 cm³/mol. The first-order chi connectivity index (χ1) is 19.4. The molecule has 0 unspecified atom stereocenters. The fourth-order valence-electron chi connectivity index (χ4n) is 4.88. The molecule has 4 aromatic rings. The maximum atomic E-state index is 13.4. The Morgan fingerprint density at radius 3 is 1.30 bits per heavy atom. The molecular weight excluding hydrogens is 540 g/mol. The summed E-state index contributed by atoms with van der Waals surface area (Å²) in [4.78, 5) is 31.7. The lowest BCUT2D eigenvalue weighted by atomic mass is 9.92. The number of carbonyl (C=O) groups excluding carboxylic acids is 2. The molecule has 0 aliphatic heterocycles. The van der Waals surface area contributed by atoms with Crippen LogP contribution in [0.4, 0.5) is 9.59 Å². The Kier molecular flexibility index (Phi) is 9.87. The SMILES string of the molecule is CCN(CC)C(=O)Oc1c(SC)cc2ccccc2c1-c1c(OC(=O)N(CC)CC)c(SC)cc2ccccc12. The van der Waals surface area contributed by atoms with Crippen molar-refractivity contribution in [1.82, 2.24) is 9.80 Å². The second-order valence-corrected chi connectivity index (χ2v) is 10.8. The Morgan fingerprint density at radius 2 is 0.975 bits per heavy atom. The number of carbonyl (C=O) groups is 2. The van der Waals surface area contributed by atoms with Gasteiger partial charge in [-0.1, -0.05) is 48.5 Å². The molecule has 2 amide bonds. The van der Waals surface area contributed by atoms with Crippen molar-refractivity contribution in [2.45, 2.75) is 37.5 Å². The van der Waals surface area contributed by atoms with Crippen LogP contribution in [0.5, 0.6) is 11.5 Å². The number of amides is 2. The quantitative estimate of drug-likeness (QED) is 0.186. The van der Waals surface area contributed by atoms with Crippen molar-refractivity contribution in [3.63, 3.8) is 0 Å². The molecule has 0 radical (unpaired) electrons. The molecular formula is C32H36N2O4S2. The van der Waals surface area contributed by atoms with Crippen LogP contribution < -0.4 is 9.47 Å². The number of fused-ring (bicyclic) bond motifs is 2. The smallest absolute Gasteiger partial charge is 0.408 e. The topological polar surface area (TPSA) is 59.1 Å². The molecule has 0 aromatic heterocycles. The van der Waals surface area contributed by atoms with E-state index >= 15 is 0 Å². The molecule has 0 bridgehead atoms. The average molecular weight is 577 g/mol. The maximum absolute atomic E-state index is 13.4. The van der Waals surface area contributed by atoms with Crippen LogP contribution in [0.3, 0.4) is 0 Å². The molecule has 0 saturated heterocycles. The zero-order valence-electron chi connectivity index (χ0n) is 23.9. The summed E-state index contributed by atoms with van der Waals surface area (Å²) in [6, 6.07) is 20.2. The normalized spacial score (nSPS) is 11.1. The van der Waals surface area contributed by atoms with Gasteiger partial charge < -0.3 is 19.3 Å². The Balaban J connectivity index is 2.15. The molecule has 40 heavy (non-hydrogen) atoms. The molecule has 0 spiro atoms. The van der Waals surface area contributed by atoms with Gasteiger partial charge in [-0.05, 0) is 73.9 Å². The lowest BCUT2D eigenvalue weighted by Crippen LogP contribution is -2.33. The molecule has 8 heteroatoms. The van der Waals surface area contributed by atoms with Gasteiger partial charge in [0.2, 0.25) is 0 Å². The maximum Gasteiger partial charge on any atom is 0.415 e. The molecule has 4 rings (SSSR count). The number of hydrogen-bond donors (Lipinski definition) is 0. The molecule has 0 heterocycles. The van der Waals surface area contributed by atoms with Gasteiger partial charge >= 0.3 is 12.2 Å². The monoisotopic (exact) mass is 576 g/mol. The summed E-state index contributed by atoms with van der Waals surface area (Å²) in [7, 11) is 0. The summed E-state index contributed by atoms with van der Waals surface area (Å²) in [5.74, 6) is 0.929. The molecule has 4 aromatic carbocycles. The fourth-order valence-corrected chi connectivity index (χ4v) is 6.02. The first kappa shape index (κ1) is 29.6. The lowest BCUT2D eigenvalue weighted by Gasteiger charge is -2.25. The number of thioether (sulfide) groups is 2. The third kappa shape index (κ3) is 5.74. The van der Waals surface area contributed by atoms with E-state index < -0.39 is 12.2 Å². The van der Waals surface area contributed by atoms with Crippen LogP contribution in [-0.2, 0) is 0 Å². The summed E-state index contributed by atoms with van der Waals surface area (Å²) >= 11 is 3.04. The van der Waals surface area contributed by atoms with E-state index in [9.17, 15) is 9.59 Å². The van der Waals surface area contributed by atoms with Gasteiger partial charge in [0.15, 0.2) is 11.5 Å². The second kappa shape index (κ2) is 13.3. The Labute approximate surface area is 245 Å². The van der Waals surface area contributed by atoms with Gasteiger partial charge in [-0.2, -0.15) is 0 Å². The van der Waals surface area contributed by atoms with E-state index in [4.69, 9.17) is 9.47 Å². The van der Waals surface area contributed by atoms with Gasteiger partial charge in [0.05, 0.1) is 9.79 Å². The predicted octanol–water partition coefficient (Wildman–Crippen LogP) is 8.79. The largest absolute Gasteiger partial charge is 0.415 e. The number of hydrogen-bond acceptors (Lipinski definition) is 6. The number of benzene rings is 4. The first-order valence-corrected chi connectivity index (χ1v) is 16.0. The zero-order valence-corrected chi connectivity index (χ0v) is 25.6. The van der Waals surface area contributed by atoms with E-state index in [0.717, 1.165) is 42.5 Å². The molecule has 0 aliphatic carbocycles. The Hall–Kier alpha value is -3.36. The van der Waals surface area contributed by atoms with Crippen LogP contribution in [0.15, 0.2) is 70.5 Å². The minimum Gasteiger partial charge on any atom is -0.408 e. The fraction of sp³-hybridized carbons (Fsp3) is 0.312. The van der Waals surface area contributed by atoms with Gasteiger partial charge in [0.25, 0.3) is 0 Å². The van der Waals surface area contributed by atoms with Crippen LogP contribution in [0.25, 0.3) is 32.7 Å². The van der Waals surface area contributed by atoms with E-state index in [0.29, 0.717) is 37.7 Å². The minimum atomic E-state index is -0.413. The molecule has 210 valence electrons. The molecule has 0 fully saturated rings. The summed E-state index contributed by atoms with van der Waals surface area (Å²) in [5.41, 5.74) is 1.47. The molecule has 0 atom stereocenters. The van der Waals surface area contributed by atoms with Crippen molar-refractivity contribution in [2.24, 2.45) is 0 Å². The van der Waals surface area contributed by atoms with Crippen molar-refractivity contribution < 1.29 is 19.1 Å². The van der Waals surface area contributed by atoms with Crippen molar-refractivity contribution >= 4 is 57.3 Å². The number of ether oxygens (including phenoxy) is 2. The standard InChI is InChI=1S/C32H36N2O4S2/c1-7-33(8-2)31(35)37-29-25(39-5)19-21-15-11-13-17-23(21)27(29)28-24-18-14-12-16-22(24)20-26(40-6)30(28)38-32(36)34(9-3)10-4/h11-20H,7-10H2,1-6H3. The average Bonchev–Trinajstić information content (AvgIpc) is 2.98. The third-order valence-electron chi connectivity index (χ3n) is 7.05. The van der Waals surface area contributed by atoms with Crippen LogP contribution in [0, 0.1) is 0 Å². The summed E-state index contributed by atoms with van der Waals surface area (Å²) < 4.78 is 12.5. The van der Waals surface area contributed by atoms with E-state index in [2.05, 4.69) is 24.3 Å². The van der Waals surface area contributed by atoms with E-state index in [1.54, 1.807) is 9.80 Å². The van der Waals surface area contributed by atoms with Gasteiger partial charge in [-0.3, -0.25) is 0 Å². The van der Waals surface area contributed by atoms with Crippen molar-refractivity contribution in [2.75, 3.05) is 38.7 Å². The third-order valence-corrected chi connectivity index (χ3v) is 8.53. The highest BCUT2D eigenvalue weighted by molar-refractivity contribution is 7.99. The lowest BCUT2D eigenvalue weighted by molar-refractivity contribution is 0.155. The van der Waals surface area contributed by atoms with E-state index in [1.807, 2.05) is 76.6 Å². The molecule has 6 nitrogen and oxygen atoms in total. The summed E-state index contributed by atoms with van der Waals surface area (Å²) in [6.45, 7) is 9.86. The van der Waals surface area contributed by atoms with Gasteiger partial charge in [-0.15, -0.1) is 23.5 Å². The first-order valence-electron chi connectivity index (χ1n) is 13.5. The van der Waals surface area contributed by atoms with E-state index in [-0.39, 0.29) is 0 Å². The van der Waals surface area contributed by atoms with E-state index in [1.165, 1.54) is 23.5 Å². The van der Waals surface area contributed by atoms with Gasteiger partial charge in [-0.25, -0.2) is 9.59 Å². The summed E-state index contributed by atoms with van der Waals surface area (Å²) in [6.07, 6.45) is 3.12. The van der Waals surface area contributed by atoms with Crippen LogP contribution in [-0.4, -0.2) is 60.7 Å². The van der Waals surface area contributed by atoms with Gasteiger partial charge in [0.1, 0.15) is 0 Å². The Bertz CT molecular complexity index is 1420. The molecule has 0 aliphatic rings. The second-order valence-electron chi connectivity index (χ2n) is 9.09. The van der Waals surface area contributed by atoms with Crippen molar-refractivity contribution in [3.05, 3.63) is 60.7 Å². The van der Waals surface area contributed by atoms with Gasteiger partial charge in [0, 0.05) is 37.3 Å². The molecule has 0 N–H and O–H groups in total. The highest BCUT2D eigenvalue weighted by Gasteiger charge is 2.28. The number of rotatable bonds is 9. The van der Waals surface area contributed by atoms with Crippen LogP contribution in [0.1, 0.15) is 27.7 Å². The number of nitrogens with zero attached hydrogens (tertiary/aromatic N) is 2. The van der Waals surface area contributed by atoms with Crippen molar-refractivity contribution in [1.29, 1.82) is 0 Å². The highest BCUT2D eigenvalue weighted by atomic mass is 32.2.